The lowest BCUT2D eigenvalue weighted by molar-refractivity contribution is -0.157. The first kappa shape index (κ1) is 21.9. The molecule has 0 spiro atoms. The zero-order chi connectivity index (χ0) is 21.4. The van der Waals surface area contributed by atoms with Crippen molar-refractivity contribution < 1.29 is 14.3 Å². The van der Waals surface area contributed by atoms with Gasteiger partial charge in [0.1, 0.15) is 11.9 Å². The number of carbonyl (C=O) groups excluding carboxylic acids is 2. The van der Waals surface area contributed by atoms with Gasteiger partial charge < -0.3 is 4.74 Å². The van der Waals surface area contributed by atoms with Gasteiger partial charge in [0.2, 0.25) is 0 Å². The summed E-state index contributed by atoms with van der Waals surface area (Å²) in [4.78, 5) is 23.5. The summed E-state index contributed by atoms with van der Waals surface area (Å²) < 4.78 is 5.56. The minimum Gasteiger partial charge on any atom is -0.462 e. The number of ether oxygens (including phenoxy) is 1. The summed E-state index contributed by atoms with van der Waals surface area (Å²) in [6.45, 7) is 10.2. The minimum atomic E-state index is -0.536. The van der Waals surface area contributed by atoms with Gasteiger partial charge in [-0.2, -0.15) is 0 Å². The molecule has 5 heteroatoms. The predicted molar refractivity (Wildman–Crippen MR) is 116 cm³/mol. The topological polar surface area (TPSA) is 43.4 Å². The molecular formula is C24H36Cl2O3. The molecule has 29 heavy (non-hydrogen) atoms. The number of Topliss-reactive ketones (excluding diaryl/α,β-unsaturated/α-hetero) is 1. The van der Waals surface area contributed by atoms with Crippen LogP contribution in [-0.2, 0) is 14.3 Å². The second-order valence-electron chi connectivity index (χ2n) is 11.2. The standard InChI is InChI=1S/C24H36Cl2O3/c1-13-10-19-17-11-20(25)24(26)12-16(29-15(3)28)6-9-23(24,5)18(17)7-8-22(19,4)21(13)14(2)27/h13,16-21H,6-12H2,1-5H3/t13-,16+,17+,18-,19-,20+,21+,22-,23+,24-/m0/s1. The molecule has 10 atom stereocenters. The molecule has 4 aliphatic rings. The number of rotatable bonds is 2. The first-order chi connectivity index (χ1) is 13.4. The van der Waals surface area contributed by atoms with Crippen molar-refractivity contribution in [2.45, 2.75) is 95.9 Å². The van der Waals surface area contributed by atoms with Gasteiger partial charge in [-0.05, 0) is 80.0 Å². The van der Waals surface area contributed by atoms with Crippen LogP contribution in [0, 0.1) is 40.4 Å². The highest BCUT2D eigenvalue weighted by atomic mass is 35.5. The van der Waals surface area contributed by atoms with Crippen LogP contribution >= 0.6 is 23.2 Å². The third kappa shape index (κ3) is 3.04. The van der Waals surface area contributed by atoms with Crippen LogP contribution in [0.15, 0.2) is 0 Å². The van der Waals surface area contributed by atoms with Crippen LogP contribution in [-0.4, -0.2) is 28.1 Å². The van der Waals surface area contributed by atoms with Gasteiger partial charge in [-0.1, -0.05) is 20.8 Å². The molecular weight excluding hydrogens is 407 g/mol. The average molecular weight is 443 g/mol. The molecule has 0 heterocycles. The number of fused-ring (bicyclic) bond motifs is 5. The zero-order valence-corrected chi connectivity index (χ0v) is 20.0. The van der Waals surface area contributed by atoms with E-state index in [0.29, 0.717) is 35.9 Å². The molecule has 0 N–H and O–H groups in total. The molecule has 0 aromatic heterocycles. The maximum Gasteiger partial charge on any atom is 0.302 e. The number of hydrogen-bond donors (Lipinski definition) is 0. The number of halogens is 2. The van der Waals surface area contributed by atoms with Crippen LogP contribution in [0.5, 0.6) is 0 Å². The van der Waals surface area contributed by atoms with E-state index in [2.05, 4.69) is 20.8 Å². The molecule has 4 saturated carbocycles. The second kappa shape index (κ2) is 7.12. The molecule has 0 aromatic rings. The number of esters is 1. The van der Waals surface area contributed by atoms with E-state index >= 15 is 0 Å². The molecule has 4 rings (SSSR count). The SMILES string of the molecule is CC(=O)O[C@@H]1CC[C@]2(C)[C@H]3CC[C@@]4(C)[C@@H](C[C@H](C)[C@@H]4C(C)=O)[C@@H]3C[C@@H](Cl)[C@@]2(Cl)C1. The Hall–Kier alpha value is -0.280. The lowest BCUT2D eigenvalue weighted by atomic mass is 9.44. The third-order valence-corrected chi connectivity index (χ3v) is 11.3. The van der Waals surface area contributed by atoms with E-state index in [9.17, 15) is 9.59 Å². The summed E-state index contributed by atoms with van der Waals surface area (Å²) >= 11 is 14.4. The fourth-order valence-corrected chi connectivity index (χ4v) is 9.75. The number of alkyl halides is 2. The fraction of sp³-hybridized carbons (Fsp3) is 0.917. The Balaban J connectivity index is 1.65. The first-order valence-corrected chi connectivity index (χ1v) is 12.3. The van der Waals surface area contributed by atoms with Gasteiger partial charge in [0.05, 0.1) is 10.3 Å². The number of ketones is 1. The quantitative estimate of drug-likeness (QED) is 0.389. The third-order valence-electron chi connectivity index (χ3n) is 9.80. The molecule has 4 fully saturated rings. The lowest BCUT2D eigenvalue weighted by Crippen LogP contribution is -2.65. The van der Waals surface area contributed by atoms with Crippen molar-refractivity contribution in [2.75, 3.05) is 0 Å². The fourth-order valence-electron chi connectivity index (χ4n) is 8.71. The van der Waals surface area contributed by atoms with Crippen LogP contribution in [0.1, 0.15) is 79.6 Å². The first-order valence-electron chi connectivity index (χ1n) is 11.4. The van der Waals surface area contributed by atoms with E-state index in [4.69, 9.17) is 27.9 Å². The van der Waals surface area contributed by atoms with Gasteiger partial charge >= 0.3 is 5.97 Å². The second-order valence-corrected chi connectivity index (χ2v) is 12.4. The van der Waals surface area contributed by atoms with Gasteiger partial charge in [0, 0.05) is 19.3 Å². The minimum absolute atomic E-state index is 0.0561. The molecule has 4 aliphatic carbocycles. The van der Waals surface area contributed by atoms with Crippen LogP contribution in [0.25, 0.3) is 0 Å². The Labute approximate surface area is 185 Å². The Bertz CT molecular complexity index is 710. The van der Waals surface area contributed by atoms with Crippen molar-refractivity contribution >= 4 is 35.0 Å². The summed E-state index contributed by atoms with van der Waals surface area (Å²) in [6.07, 6.45) is 6.62. The Morgan fingerprint density at radius 1 is 1.03 bits per heavy atom. The van der Waals surface area contributed by atoms with Gasteiger partial charge in [0.15, 0.2) is 0 Å². The van der Waals surface area contributed by atoms with Crippen molar-refractivity contribution in [1.82, 2.24) is 0 Å². The summed E-state index contributed by atoms with van der Waals surface area (Å²) in [5.41, 5.74) is 0.0417. The largest absolute Gasteiger partial charge is 0.462 e. The Morgan fingerprint density at radius 2 is 1.72 bits per heavy atom. The van der Waals surface area contributed by atoms with E-state index in [1.54, 1.807) is 6.92 Å². The maximum atomic E-state index is 12.5. The van der Waals surface area contributed by atoms with Gasteiger partial charge in [-0.25, -0.2) is 0 Å². The van der Waals surface area contributed by atoms with Crippen molar-refractivity contribution in [3.05, 3.63) is 0 Å². The molecule has 0 radical (unpaired) electrons. The highest BCUT2D eigenvalue weighted by Gasteiger charge is 2.68. The normalized spacial score (nSPS) is 54.1. The van der Waals surface area contributed by atoms with E-state index in [-0.39, 0.29) is 34.2 Å². The average Bonchev–Trinajstić information content (AvgIpc) is 2.87. The zero-order valence-electron chi connectivity index (χ0n) is 18.5. The van der Waals surface area contributed by atoms with Crippen LogP contribution in [0.4, 0.5) is 0 Å². The molecule has 0 amide bonds. The highest BCUT2D eigenvalue weighted by molar-refractivity contribution is 6.33. The maximum absolute atomic E-state index is 12.5. The Morgan fingerprint density at radius 3 is 2.34 bits per heavy atom. The molecule has 164 valence electrons. The smallest absolute Gasteiger partial charge is 0.302 e. The van der Waals surface area contributed by atoms with Gasteiger partial charge in [-0.3, -0.25) is 9.59 Å². The van der Waals surface area contributed by atoms with Crippen molar-refractivity contribution in [1.29, 1.82) is 0 Å². The lowest BCUT2D eigenvalue weighted by Gasteiger charge is -2.65. The monoisotopic (exact) mass is 442 g/mol. The van der Waals surface area contributed by atoms with Crippen molar-refractivity contribution in [3.63, 3.8) is 0 Å². The summed E-state index contributed by atoms with van der Waals surface area (Å²) in [5.74, 6) is 2.37. The van der Waals surface area contributed by atoms with Crippen molar-refractivity contribution in [3.8, 4) is 0 Å². The summed E-state index contributed by atoms with van der Waals surface area (Å²) in [5, 5.41) is -0.136. The molecule has 0 unspecified atom stereocenters. The molecule has 3 nitrogen and oxygen atoms in total. The van der Waals surface area contributed by atoms with Gasteiger partial charge in [0.25, 0.3) is 0 Å². The van der Waals surface area contributed by atoms with Gasteiger partial charge in [-0.15, -0.1) is 23.2 Å². The van der Waals surface area contributed by atoms with Crippen LogP contribution in [0.2, 0.25) is 0 Å². The Kier molecular flexibility index (Phi) is 5.39. The molecule has 0 saturated heterocycles. The summed E-state index contributed by atoms with van der Waals surface area (Å²) in [6, 6.07) is 0. The molecule has 0 aliphatic heterocycles. The van der Waals surface area contributed by atoms with E-state index in [1.807, 2.05) is 0 Å². The number of hydrogen-bond acceptors (Lipinski definition) is 3. The van der Waals surface area contributed by atoms with E-state index < -0.39 is 4.87 Å². The summed E-state index contributed by atoms with van der Waals surface area (Å²) in [7, 11) is 0. The van der Waals surface area contributed by atoms with E-state index in [1.165, 1.54) is 6.92 Å². The van der Waals surface area contributed by atoms with E-state index in [0.717, 1.165) is 38.5 Å². The van der Waals surface area contributed by atoms with Crippen LogP contribution < -0.4 is 0 Å². The molecule has 0 aromatic carbocycles. The highest BCUT2D eigenvalue weighted by Crippen LogP contribution is 2.71. The predicted octanol–water partition coefficient (Wildman–Crippen LogP) is 5.99. The molecule has 0 bridgehead atoms. The number of carbonyl (C=O) groups is 2. The van der Waals surface area contributed by atoms with Crippen LogP contribution in [0.3, 0.4) is 0 Å². The van der Waals surface area contributed by atoms with Crippen molar-refractivity contribution in [2.24, 2.45) is 40.4 Å².